The number of rotatable bonds is 8. The SMILES string of the molecule is C=C(CCCCC1=CC=C2CCCNC3C2N13)CCOC. The molecule has 0 radical (unpaired) electrons. The smallest absolute Gasteiger partial charge is 0.105 e. The van der Waals surface area contributed by atoms with E-state index in [1.807, 2.05) is 0 Å². The molecular formula is C18H28N2O. The highest BCUT2D eigenvalue weighted by Gasteiger charge is 2.51. The summed E-state index contributed by atoms with van der Waals surface area (Å²) < 4.78 is 5.09. The summed E-state index contributed by atoms with van der Waals surface area (Å²) in [6, 6.07) is 0.684. The number of nitrogens with one attached hydrogen (secondary N) is 1. The normalized spacial score (nSPS) is 26.6. The van der Waals surface area contributed by atoms with Gasteiger partial charge in [-0.3, -0.25) is 5.32 Å². The first-order chi connectivity index (χ1) is 10.3. The average Bonchev–Trinajstić information content (AvgIpc) is 3.25. The average molecular weight is 288 g/mol. The van der Waals surface area contributed by atoms with Crippen LogP contribution in [0.5, 0.6) is 0 Å². The van der Waals surface area contributed by atoms with Crippen molar-refractivity contribution in [1.29, 1.82) is 0 Å². The Hall–Kier alpha value is -1.06. The van der Waals surface area contributed by atoms with E-state index < -0.39 is 0 Å². The number of methoxy groups -OCH3 is 1. The minimum absolute atomic E-state index is 0.601. The first-order valence-electron chi connectivity index (χ1n) is 8.38. The standard InChI is InChI=1S/C18H28N2O/c1-14(11-13-21-2)6-3-4-8-16-10-9-15-7-5-12-19-18-17(15)20(16)18/h9-10,17-19H,1,3-8,11-13H2,2H3. The van der Waals surface area contributed by atoms with Gasteiger partial charge in [0.15, 0.2) is 0 Å². The maximum Gasteiger partial charge on any atom is 0.105 e. The number of hydrogen-bond donors (Lipinski definition) is 1. The number of allylic oxidation sites excluding steroid dienone is 3. The van der Waals surface area contributed by atoms with Crippen LogP contribution in [0.25, 0.3) is 0 Å². The number of unbranched alkanes of at least 4 members (excludes halogenated alkanes) is 1. The van der Waals surface area contributed by atoms with E-state index in [9.17, 15) is 0 Å². The summed E-state index contributed by atoms with van der Waals surface area (Å²) in [5.41, 5.74) is 4.50. The summed E-state index contributed by atoms with van der Waals surface area (Å²) in [7, 11) is 1.75. The van der Waals surface area contributed by atoms with Gasteiger partial charge in [0, 0.05) is 19.4 Å². The molecule has 0 amide bonds. The van der Waals surface area contributed by atoms with Gasteiger partial charge < -0.3 is 9.64 Å². The van der Waals surface area contributed by atoms with Crippen LogP contribution in [0, 0.1) is 0 Å². The Bertz CT molecular complexity index is 452. The molecule has 3 heterocycles. The van der Waals surface area contributed by atoms with Crippen molar-refractivity contribution in [3.05, 3.63) is 35.6 Å². The Morgan fingerprint density at radius 2 is 2.29 bits per heavy atom. The van der Waals surface area contributed by atoms with E-state index in [0.29, 0.717) is 12.2 Å². The second kappa shape index (κ2) is 6.80. The van der Waals surface area contributed by atoms with Crippen LogP contribution in [-0.2, 0) is 4.74 Å². The molecule has 2 unspecified atom stereocenters. The van der Waals surface area contributed by atoms with E-state index in [4.69, 9.17) is 4.74 Å². The van der Waals surface area contributed by atoms with Crippen LogP contribution in [0.2, 0.25) is 0 Å². The summed E-state index contributed by atoms with van der Waals surface area (Å²) in [5.74, 6) is 0. The predicted molar refractivity (Wildman–Crippen MR) is 86.9 cm³/mol. The molecule has 2 fully saturated rings. The van der Waals surface area contributed by atoms with Crippen LogP contribution >= 0.6 is 0 Å². The Balaban J connectivity index is 1.41. The van der Waals surface area contributed by atoms with Gasteiger partial charge in [0.05, 0.1) is 6.04 Å². The van der Waals surface area contributed by atoms with E-state index in [1.165, 1.54) is 49.9 Å². The van der Waals surface area contributed by atoms with E-state index in [2.05, 4.69) is 28.9 Å². The molecule has 0 bridgehead atoms. The predicted octanol–water partition coefficient (Wildman–Crippen LogP) is 3.36. The molecule has 3 nitrogen and oxygen atoms in total. The van der Waals surface area contributed by atoms with Gasteiger partial charge >= 0.3 is 0 Å². The van der Waals surface area contributed by atoms with E-state index >= 15 is 0 Å². The zero-order valence-corrected chi connectivity index (χ0v) is 13.2. The molecule has 3 heteroatoms. The molecule has 0 aliphatic carbocycles. The Morgan fingerprint density at radius 3 is 3.14 bits per heavy atom. The zero-order valence-electron chi connectivity index (χ0n) is 13.2. The Kier molecular flexibility index (Phi) is 4.81. The highest BCUT2D eigenvalue weighted by molar-refractivity contribution is 5.39. The summed E-state index contributed by atoms with van der Waals surface area (Å²) in [4.78, 5) is 2.59. The molecule has 2 atom stereocenters. The number of ether oxygens (including phenoxy) is 1. The summed E-state index contributed by atoms with van der Waals surface area (Å²) >= 11 is 0. The third kappa shape index (κ3) is 3.41. The van der Waals surface area contributed by atoms with Crippen LogP contribution in [0.1, 0.15) is 44.9 Å². The second-order valence-corrected chi connectivity index (χ2v) is 6.45. The maximum atomic E-state index is 5.09. The number of nitrogens with zero attached hydrogens (tertiary/aromatic N) is 1. The molecule has 3 rings (SSSR count). The van der Waals surface area contributed by atoms with Crippen LogP contribution in [-0.4, -0.2) is 37.4 Å². The fourth-order valence-corrected chi connectivity index (χ4v) is 3.61. The largest absolute Gasteiger partial charge is 0.384 e. The van der Waals surface area contributed by atoms with Crippen molar-refractivity contribution < 1.29 is 4.74 Å². The van der Waals surface area contributed by atoms with Crippen molar-refractivity contribution in [3.8, 4) is 0 Å². The van der Waals surface area contributed by atoms with Gasteiger partial charge in [0.2, 0.25) is 0 Å². The first-order valence-corrected chi connectivity index (χ1v) is 8.38. The fraction of sp³-hybridized carbons (Fsp3) is 0.667. The molecule has 0 aromatic heterocycles. The summed E-state index contributed by atoms with van der Waals surface area (Å²) in [6.45, 7) is 6.10. The van der Waals surface area contributed by atoms with Gasteiger partial charge in [-0.15, -0.1) is 0 Å². The van der Waals surface area contributed by atoms with Crippen molar-refractivity contribution in [1.82, 2.24) is 10.2 Å². The minimum Gasteiger partial charge on any atom is -0.384 e. The molecule has 3 aliphatic rings. The lowest BCUT2D eigenvalue weighted by molar-refractivity contribution is 0.201. The molecule has 0 saturated carbocycles. The van der Waals surface area contributed by atoms with E-state index in [1.54, 1.807) is 12.7 Å². The first kappa shape index (κ1) is 14.9. The molecular weight excluding hydrogens is 260 g/mol. The van der Waals surface area contributed by atoms with E-state index in [-0.39, 0.29) is 0 Å². The van der Waals surface area contributed by atoms with Crippen molar-refractivity contribution in [3.63, 3.8) is 0 Å². The van der Waals surface area contributed by atoms with Crippen LogP contribution in [0.3, 0.4) is 0 Å². The minimum atomic E-state index is 0.601. The van der Waals surface area contributed by atoms with Gasteiger partial charge in [-0.05, 0) is 63.1 Å². The lowest BCUT2D eigenvalue weighted by Gasteiger charge is -2.18. The van der Waals surface area contributed by atoms with Crippen LogP contribution < -0.4 is 5.32 Å². The summed E-state index contributed by atoms with van der Waals surface area (Å²) in [5, 5.41) is 3.67. The van der Waals surface area contributed by atoms with Gasteiger partial charge in [-0.1, -0.05) is 18.2 Å². The molecule has 2 saturated heterocycles. The topological polar surface area (TPSA) is 24.3 Å². The van der Waals surface area contributed by atoms with Crippen molar-refractivity contribution in [2.45, 2.75) is 57.2 Å². The quantitative estimate of drug-likeness (QED) is 0.421. The Labute approximate surface area is 128 Å². The fourth-order valence-electron chi connectivity index (χ4n) is 3.61. The Morgan fingerprint density at radius 1 is 1.38 bits per heavy atom. The van der Waals surface area contributed by atoms with Gasteiger partial charge in [-0.2, -0.15) is 0 Å². The third-order valence-electron chi connectivity index (χ3n) is 4.88. The molecule has 0 spiro atoms. The van der Waals surface area contributed by atoms with Gasteiger partial charge in [0.1, 0.15) is 6.17 Å². The molecule has 0 aromatic carbocycles. The molecule has 0 aromatic rings. The number of fused-ring (bicyclic) bond motifs is 1. The zero-order chi connectivity index (χ0) is 14.7. The maximum absolute atomic E-state index is 5.09. The molecule has 116 valence electrons. The number of hydrogen-bond acceptors (Lipinski definition) is 3. The lowest BCUT2D eigenvalue weighted by Crippen LogP contribution is -2.22. The van der Waals surface area contributed by atoms with E-state index in [0.717, 1.165) is 19.4 Å². The van der Waals surface area contributed by atoms with Crippen molar-refractivity contribution in [2.24, 2.45) is 0 Å². The highest BCUT2D eigenvalue weighted by atomic mass is 16.5. The van der Waals surface area contributed by atoms with Crippen LogP contribution in [0.15, 0.2) is 35.6 Å². The van der Waals surface area contributed by atoms with Crippen LogP contribution in [0.4, 0.5) is 0 Å². The van der Waals surface area contributed by atoms with Crippen molar-refractivity contribution >= 4 is 0 Å². The monoisotopic (exact) mass is 288 g/mol. The second-order valence-electron chi connectivity index (χ2n) is 6.45. The lowest BCUT2D eigenvalue weighted by atomic mass is 10.0. The van der Waals surface area contributed by atoms with Gasteiger partial charge in [0.25, 0.3) is 0 Å². The van der Waals surface area contributed by atoms with Gasteiger partial charge in [-0.25, -0.2) is 0 Å². The third-order valence-corrected chi connectivity index (χ3v) is 4.88. The summed E-state index contributed by atoms with van der Waals surface area (Å²) in [6.07, 6.45) is 13.8. The molecule has 1 N–H and O–H groups in total. The highest BCUT2D eigenvalue weighted by Crippen LogP contribution is 2.44. The molecule has 3 aliphatic heterocycles. The molecule has 21 heavy (non-hydrogen) atoms. The van der Waals surface area contributed by atoms with Crippen molar-refractivity contribution in [2.75, 3.05) is 20.3 Å².